The minimum atomic E-state index is 0.0860. The first kappa shape index (κ1) is 15.8. The third kappa shape index (κ3) is 3.95. The number of nitrogens with one attached hydrogen (secondary N) is 1. The van der Waals surface area contributed by atoms with Crippen LogP contribution in [0.1, 0.15) is 52.3 Å². The van der Waals surface area contributed by atoms with Gasteiger partial charge in [0.1, 0.15) is 12.2 Å². The van der Waals surface area contributed by atoms with E-state index in [0.717, 1.165) is 37.7 Å². The molecular formula is C15H27ClN4. The largest absolute Gasteiger partial charge is 0.303 e. The number of hydrogen-bond donors (Lipinski definition) is 1. The Morgan fingerprint density at radius 2 is 2.15 bits per heavy atom. The van der Waals surface area contributed by atoms with Crippen molar-refractivity contribution < 1.29 is 0 Å². The Hall–Kier alpha value is -0.610. The van der Waals surface area contributed by atoms with Crippen LogP contribution < -0.4 is 5.32 Å². The smallest absolute Gasteiger partial charge is 0.140 e. The van der Waals surface area contributed by atoms with E-state index in [1.165, 1.54) is 12.8 Å². The molecule has 1 heterocycles. The van der Waals surface area contributed by atoms with E-state index in [1.807, 2.05) is 4.68 Å². The molecule has 0 saturated heterocycles. The van der Waals surface area contributed by atoms with Gasteiger partial charge in [0.15, 0.2) is 0 Å². The maximum atomic E-state index is 6.24. The van der Waals surface area contributed by atoms with Crippen LogP contribution in [0.3, 0.4) is 0 Å². The van der Waals surface area contributed by atoms with Crippen molar-refractivity contribution in [1.29, 1.82) is 0 Å². The van der Waals surface area contributed by atoms with Gasteiger partial charge in [0.25, 0.3) is 0 Å². The van der Waals surface area contributed by atoms with Crippen molar-refractivity contribution in [1.82, 2.24) is 20.1 Å². The van der Waals surface area contributed by atoms with Crippen molar-refractivity contribution in [2.24, 2.45) is 11.8 Å². The van der Waals surface area contributed by atoms with Crippen molar-refractivity contribution in [2.45, 2.75) is 65.1 Å². The molecule has 1 aromatic heterocycles. The molecule has 1 aliphatic rings. The monoisotopic (exact) mass is 298 g/mol. The van der Waals surface area contributed by atoms with E-state index in [4.69, 9.17) is 11.6 Å². The number of hydrogen-bond acceptors (Lipinski definition) is 3. The van der Waals surface area contributed by atoms with E-state index in [0.29, 0.717) is 11.8 Å². The molecule has 1 saturated carbocycles. The van der Waals surface area contributed by atoms with Gasteiger partial charge in [0.05, 0.1) is 6.54 Å². The first-order valence-corrected chi connectivity index (χ1v) is 8.26. The van der Waals surface area contributed by atoms with E-state index >= 15 is 0 Å². The van der Waals surface area contributed by atoms with Crippen LogP contribution in [-0.4, -0.2) is 26.2 Å². The Bertz CT molecular complexity index is 408. The zero-order chi connectivity index (χ0) is 14.6. The zero-order valence-electron chi connectivity index (χ0n) is 12.9. The van der Waals surface area contributed by atoms with Crippen LogP contribution in [0.25, 0.3) is 0 Å². The maximum absolute atomic E-state index is 6.24. The summed E-state index contributed by atoms with van der Waals surface area (Å²) < 4.78 is 2.01. The number of nitrogens with zero attached hydrogens (tertiary/aromatic N) is 3. The van der Waals surface area contributed by atoms with Gasteiger partial charge in [-0.2, -0.15) is 5.10 Å². The molecule has 4 nitrogen and oxygen atoms in total. The van der Waals surface area contributed by atoms with Gasteiger partial charge in [0, 0.05) is 18.0 Å². The Kier molecular flexibility index (Phi) is 5.44. The summed E-state index contributed by atoms with van der Waals surface area (Å²) in [5.74, 6) is 3.10. The van der Waals surface area contributed by atoms with Crippen LogP contribution in [0, 0.1) is 11.8 Å². The molecular weight excluding hydrogens is 272 g/mol. The molecule has 1 N–H and O–H groups in total. The lowest BCUT2D eigenvalue weighted by atomic mass is 9.78. The summed E-state index contributed by atoms with van der Waals surface area (Å²) in [6, 6.07) is 0. The van der Waals surface area contributed by atoms with Gasteiger partial charge in [0.2, 0.25) is 0 Å². The molecule has 1 fully saturated rings. The van der Waals surface area contributed by atoms with Crippen molar-refractivity contribution in [3.8, 4) is 0 Å². The molecule has 0 bridgehead atoms. The molecule has 1 aromatic rings. The Morgan fingerprint density at radius 1 is 1.45 bits per heavy atom. The van der Waals surface area contributed by atoms with Crippen molar-refractivity contribution in [3.63, 3.8) is 0 Å². The Balaban J connectivity index is 1.95. The molecule has 0 unspecified atom stereocenters. The predicted octanol–water partition coefficient (Wildman–Crippen LogP) is 3.21. The van der Waals surface area contributed by atoms with Crippen LogP contribution >= 0.6 is 11.6 Å². The molecule has 0 atom stereocenters. The number of aromatic nitrogens is 3. The van der Waals surface area contributed by atoms with Gasteiger partial charge >= 0.3 is 0 Å². The minimum absolute atomic E-state index is 0.0860. The van der Waals surface area contributed by atoms with Gasteiger partial charge in [-0.1, -0.05) is 20.8 Å². The van der Waals surface area contributed by atoms with E-state index < -0.39 is 0 Å². The van der Waals surface area contributed by atoms with Crippen LogP contribution in [0.4, 0.5) is 0 Å². The maximum Gasteiger partial charge on any atom is 0.140 e. The fourth-order valence-corrected chi connectivity index (χ4v) is 3.22. The summed E-state index contributed by atoms with van der Waals surface area (Å²) in [6.07, 6.45) is 6.50. The highest BCUT2D eigenvalue weighted by Gasteiger charge is 2.33. The van der Waals surface area contributed by atoms with Crippen LogP contribution in [0.5, 0.6) is 0 Å². The highest BCUT2D eigenvalue weighted by atomic mass is 35.5. The summed E-state index contributed by atoms with van der Waals surface area (Å²) >= 11 is 6.24. The lowest BCUT2D eigenvalue weighted by molar-refractivity contribution is 0.213. The first-order valence-electron chi connectivity index (χ1n) is 7.72. The van der Waals surface area contributed by atoms with E-state index in [2.05, 4.69) is 36.2 Å². The topological polar surface area (TPSA) is 42.7 Å². The van der Waals surface area contributed by atoms with Gasteiger partial charge < -0.3 is 5.32 Å². The molecule has 0 aromatic carbocycles. The number of rotatable bonds is 6. The fraction of sp³-hybridized carbons (Fsp3) is 0.867. The number of alkyl halides is 1. The summed E-state index contributed by atoms with van der Waals surface area (Å²) in [5, 5.41) is 7.98. The molecule has 0 radical (unpaired) electrons. The van der Waals surface area contributed by atoms with Crippen molar-refractivity contribution in [2.75, 3.05) is 5.88 Å². The SMILES string of the molecule is CC(C)Cn1ncnc1CNC1(CCl)CCC(C)CC1. The van der Waals surface area contributed by atoms with Gasteiger partial charge in [-0.3, -0.25) is 0 Å². The normalized spacial score (nSPS) is 27.1. The lowest BCUT2D eigenvalue weighted by Crippen LogP contribution is -2.49. The predicted molar refractivity (Wildman–Crippen MR) is 82.8 cm³/mol. The Morgan fingerprint density at radius 3 is 2.75 bits per heavy atom. The van der Waals surface area contributed by atoms with E-state index in [-0.39, 0.29) is 5.54 Å². The highest BCUT2D eigenvalue weighted by Crippen LogP contribution is 2.32. The Labute approximate surface area is 127 Å². The summed E-state index contributed by atoms with van der Waals surface area (Å²) in [6.45, 7) is 8.40. The van der Waals surface area contributed by atoms with Crippen LogP contribution in [-0.2, 0) is 13.1 Å². The average Bonchev–Trinajstić information content (AvgIpc) is 2.85. The third-order valence-corrected chi connectivity index (χ3v) is 4.85. The second-order valence-corrected chi connectivity index (χ2v) is 6.97. The van der Waals surface area contributed by atoms with Crippen LogP contribution in [0.15, 0.2) is 6.33 Å². The molecule has 0 aliphatic heterocycles. The molecule has 20 heavy (non-hydrogen) atoms. The second kappa shape index (κ2) is 6.90. The molecule has 1 aliphatic carbocycles. The molecule has 114 valence electrons. The van der Waals surface area contributed by atoms with E-state index in [1.54, 1.807) is 6.33 Å². The standard InChI is InChI=1S/C15H27ClN4/c1-12(2)9-20-14(17-11-19-20)8-18-15(10-16)6-4-13(3)5-7-15/h11-13,18H,4-10H2,1-3H3. The lowest BCUT2D eigenvalue weighted by Gasteiger charge is -2.39. The summed E-state index contributed by atoms with van der Waals surface area (Å²) in [4.78, 5) is 4.38. The summed E-state index contributed by atoms with van der Waals surface area (Å²) in [5.41, 5.74) is 0.0860. The highest BCUT2D eigenvalue weighted by molar-refractivity contribution is 6.18. The molecule has 0 amide bonds. The summed E-state index contributed by atoms with van der Waals surface area (Å²) in [7, 11) is 0. The second-order valence-electron chi connectivity index (χ2n) is 6.70. The fourth-order valence-electron chi connectivity index (χ4n) is 2.86. The van der Waals surface area contributed by atoms with Crippen molar-refractivity contribution in [3.05, 3.63) is 12.2 Å². The van der Waals surface area contributed by atoms with Gasteiger partial charge in [-0.15, -0.1) is 11.6 Å². The van der Waals surface area contributed by atoms with Crippen LogP contribution in [0.2, 0.25) is 0 Å². The third-order valence-electron chi connectivity index (χ3n) is 4.34. The van der Waals surface area contributed by atoms with E-state index in [9.17, 15) is 0 Å². The minimum Gasteiger partial charge on any atom is -0.303 e. The average molecular weight is 299 g/mol. The molecule has 0 spiro atoms. The molecule has 5 heteroatoms. The molecule has 2 rings (SSSR count). The number of halogens is 1. The first-order chi connectivity index (χ1) is 9.54. The van der Waals surface area contributed by atoms with Gasteiger partial charge in [-0.05, 0) is 37.5 Å². The van der Waals surface area contributed by atoms with Gasteiger partial charge in [-0.25, -0.2) is 9.67 Å². The quantitative estimate of drug-likeness (QED) is 0.820. The zero-order valence-corrected chi connectivity index (χ0v) is 13.7. The van der Waals surface area contributed by atoms with Crippen molar-refractivity contribution >= 4 is 11.6 Å².